The number of sulfonamides is 1. The van der Waals surface area contributed by atoms with Crippen LogP contribution >= 0.6 is 11.6 Å². The highest BCUT2D eigenvalue weighted by Gasteiger charge is 2.35. The molecule has 1 aromatic rings. The van der Waals surface area contributed by atoms with Gasteiger partial charge in [0.05, 0.1) is 11.5 Å². The van der Waals surface area contributed by atoms with Crippen molar-refractivity contribution >= 4 is 21.6 Å². The first-order valence-corrected chi connectivity index (χ1v) is 7.67. The van der Waals surface area contributed by atoms with Crippen molar-refractivity contribution in [3.05, 3.63) is 28.8 Å². The van der Waals surface area contributed by atoms with Crippen LogP contribution in [0.1, 0.15) is 18.4 Å². The van der Waals surface area contributed by atoms with Crippen molar-refractivity contribution in [1.29, 1.82) is 0 Å². The molecule has 1 aliphatic heterocycles. The van der Waals surface area contributed by atoms with E-state index in [-0.39, 0.29) is 17.5 Å². The van der Waals surface area contributed by atoms with Gasteiger partial charge in [-0.2, -0.15) is 4.31 Å². The van der Waals surface area contributed by atoms with Crippen LogP contribution in [0.5, 0.6) is 0 Å². The Labute approximate surface area is 112 Å². The van der Waals surface area contributed by atoms with E-state index >= 15 is 0 Å². The molecule has 18 heavy (non-hydrogen) atoms. The van der Waals surface area contributed by atoms with E-state index in [1.165, 1.54) is 10.4 Å². The average molecular weight is 290 g/mol. The number of rotatable bonds is 3. The quantitative estimate of drug-likeness (QED) is 0.923. The lowest BCUT2D eigenvalue weighted by Gasteiger charge is -2.23. The number of halogens is 1. The third kappa shape index (κ3) is 2.40. The van der Waals surface area contributed by atoms with Gasteiger partial charge in [0, 0.05) is 17.6 Å². The average Bonchev–Trinajstić information content (AvgIpc) is 2.81. The Balaban J connectivity index is 2.45. The molecule has 0 bridgehead atoms. The second-order valence-corrected chi connectivity index (χ2v) is 6.80. The van der Waals surface area contributed by atoms with Crippen LogP contribution < -0.4 is 0 Å². The number of aliphatic hydroxyl groups is 1. The predicted molar refractivity (Wildman–Crippen MR) is 70.2 cm³/mol. The van der Waals surface area contributed by atoms with E-state index in [0.29, 0.717) is 23.6 Å². The summed E-state index contributed by atoms with van der Waals surface area (Å²) >= 11 is 5.87. The van der Waals surface area contributed by atoms with Crippen molar-refractivity contribution < 1.29 is 13.5 Å². The standard InChI is InChI=1S/C12H16ClNO3S/c1-9-4-5-10(13)7-12(9)18(16,17)14-6-2-3-11(14)8-15/h4-5,7,11,15H,2-3,6,8H2,1H3/t11-/m0/s1. The second kappa shape index (κ2) is 5.17. The SMILES string of the molecule is Cc1ccc(Cl)cc1S(=O)(=O)N1CCC[C@H]1CO. The Bertz CT molecular complexity index is 544. The normalized spacial score (nSPS) is 21.4. The Morgan fingerprint density at radius 2 is 2.22 bits per heavy atom. The monoisotopic (exact) mass is 289 g/mol. The first kappa shape index (κ1) is 13.8. The lowest BCUT2D eigenvalue weighted by atomic mass is 10.2. The van der Waals surface area contributed by atoms with E-state index in [1.54, 1.807) is 19.1 Å². The molecule has 1 heterocycles. The molecule has 0 saturated carbocycles. The van der Waals surface area contributed by atoms with Gasteiger partial charge in [0.15, 0.2) is 0 Å². The molecule has 0 radical (unpaired) electrons. The summed E-state index contributed by atoms with van der Waals surface area (Å²) in [7, 11) is -3.56. The van der Waals surface area contributed by atoms with Gasteiger partial charge in [0.2, 0.25) is 10.0 Å². The smallest absolute Gasteiger partial charge is 0.243 e. The van der Waals surface area contributed by atoms with Crippen LogP contribution in [-0.2, 0) is 10.0 Å². The summed E-state index contributed by atoms with van der Waals surface area (Å²) in [4.78, 5) is 0.232. The third-order valence-corrected chi connectivity index (χ3v) is 5.60. The highest BCUT2D eigenvalue weighted by Crippen LogP contribution is 2.29. The molecular weight excluding hydrogens is 274 g/mol. The summed E-state index contributed by atoms with van der Waals surface area (Å²) < 4.78 is 26.4. The fourth-order valence-corrected chi connectivity index (χ4v) is 4.46. The molecule has 1 aromatic carbocycles. The van der Waals surface area contributed by atoms with Gasteiger partial charge >= 0.3 is 0 Å². The first-order chi connectivity index (χ1) is 8.46. The zero-order chi connectivity index (χ0) is 13.3. The summed E-state index contributed by atoms with van der Waals surface area (Å²) in [5.41, 5.74) is 0.669. The molecule has 0 aromatic heterocycles. The molecule has 6 heteroatoms. The Morgan fingerprint density at radius 1 is 1.50 bits per heavy atom. The minimum Gasteiger partial charge on any atom is -0.395 e. The van der Waals surface area contributed by atoms with Gasteiger partial charge in [0.1, 0.15) is 0 Å². The van der Waals surface area contributed by atoms with Crippen molar-refractivity contribution in [1.82, 2.24) is 4.31 Å². The van der Waals surface area contributed by atoms with Crippen molar-refractivity contribution in [2.75, 3.05) is 13.2 Å². The van der Waals surface area contributed by atoms with E-state index < -0.39 is 10.0 Å². The second-order valence-electron chi connectivity index (χ2n) is 4.50. The largest absolute Gasteiger partial charge is 0.395 e. The van der Waals surface area contributed by atoms with Crippen LogP contribution in [-0.4, -0.2) is 37.0 Å². The van der Waals surface area contributed by atoms with Crippen LogP contribution in [0.4, 0.5) is 0 Å². The fourth-order valence-electron chi connectivity index (χ4n) is 2.29. The zero-order valence-corrected chi connectivity index (χ0v) is 11.7. The van der Waals surface area contributed by atoms with Crippen molar-refractivity contribution in [3.63, 3.8) is 0 Å². The molecule has 0 amide bonds. The highest BCUT2D eigenvalue weighted by atomic mass is 35.5. The molecule has 4 nitrogen and oxygen atoms in total. The van der Waals surface area contributed by atoms with Crippen molar-refractivity contribution in [2.45, 2.75) is 30.7 Å². The van der Waals surface area contributed by atoms with Crippen LogP contribution in [0.25, 0.3) is 0 Å². The molecule has 100 valence electrons. The molecule has 0 unspecified atom stereocenters. The van der Waals surface area contributed by atoms with Gasteiger partial charge in [-0.15, -0.1) is 0 Å². The van der Waals surface area contributed by atoms with Gasteiger partial charge in [-0.3, -0.25) is 0 Å². The number of nitrogens with zero attached hydrogens (tertiary/aromatic N) is 1. The molecular formula is C12H16ClNO3S. The topological polar surface area (TPSA) is 57.6 Å². The minimum atomic E-state index is -3.56. The number of aliphatic hydroxyl groups excluding tert-OH is 1. The summed E-state index contributed by atoms with van der Waals surface area (Å²) in [5.74, 6) is 0. The van der Waals surface area contributed by atoms with E-state index in [4.69, 9.17) is 11.6 Å². The molecule has 2 rings (SSSR count). The summed E-state index contributed by atoms with van der Waals surface area (Å²) in [6.45, 7) is 2.06. The van der Waals surface area contributed by atoms with E-state index in [9.17, 15) is 13.5 Å². The fraction of sp³-hybridized carbons (Fsp3) is 0.500. The highest BCUT2D eigenvalue weighted by molar-refractivity contribution is 7.89. The van der Waals surface area contributed by atoms with Gasteiger partial charge in [-0.05, 0) is 37.5 Å². The summed E-state index contributed by atoms with van der Waals surface area (Å²) in [6.07, 6.45) is 1.49. The van der Waals surface area contributed by atoms with E-state index in [2.05, 4.69) is 0 Å². The van der Waals surface area contributed by atoms with Gasteiger partial charge in [-0.1, -0.05) is 17.7 Å². The minimum absolute atomic E-state index is 0.140. The molecule has 0 spiro atoms. The maximum Gasteiger partial charge on any atom is 0.243 e. The maximum atomic E-state index is 12.5. The number of aryl methyl sites for hydroxylation is 1. The number of hydrogen-bond acceptors (Lipinski definition) is 3. The molecule has 1 atom stereocenters. The Hall–Kier alpha value is -0.620. The van der Waals surface area contributed by atoms with Crippen LogP contribution in [0.15, 0.2) is 23.1 Å². The Morgan fingerprint density at radius 3 is 2.89 bits per heavy atom. The van der Waals surface area contributed by atoms with Gasteiger partial charge in [-0.25, -0.2) is 8.42 Å². The molecule has 1 fully saturated rings. The lowest BCUT2D eigenvalue weighted by molar-refractivity contribution is 0.213. The van der Waals surface area contributed by atoms with E-state index in [1.807, 2.05) is 0 Å². The van der Waals surface area contributed by atoms with Crippen molar-refractivity contribution in [3.8, 4) is 0 Å². The van der Waals surface area contributed by atoms with Crippen LogP contribution in [0.2, 0.25) is 5.02 Å². The maximum absolute atomic E-state index is 12.5. The molecule has 1 saturated heterocycles. The molecule has 1 N–H and O–H groups in total. The van der Waals surface area contributed by atoms with E-state index in [0.717, 1.165) is 6.42 Å². The first-order valence-electron chi connectivity index (χ1n) is 5.85. The van der Waals surface area contributed by atoms with Gasteiger partial charge in [0.25, 0.3) is 0 Å². The van der Waals surface area contributed by atoms with Crippen LogP contribution in [0.3, 0.4) is 0 Å². The Kier molecular flexibility index (Phi) is 3.96. The van der Waals surface area contributed by atoms with Crippen molar-refractivity contribution in [2.24, 2.45) is 0 Å². The zero-order valence-electron chi connectivity index (χ0n) is 10.1. The molecule has 0 aliphatic carbocycles. The third-order valence-electron chi connectivity index (χ3n) is 3.27. The number of hydrogen-bond donors (Lipinski definition) is 1. The molecule has 1 aliphatic rings. The predicted octanol–water partition coefficient (Wildman–Crippen LogP) is 1.79. The summed E-state index contributed by atoms with van der Waals surface area (Å²) in [6, 6.07) is 4.52. The van der Waals surface area contributed by atoms with Gasteiger partial charge < -0.3 is 5.11 Å². The summed E-state index contributed by atoms with van der Waals surface area (Å²) in [5, 5.41) is 9.64. The number of benzene rings is 1. The lowest BCUT2D eigenvalue weighted by Crippen LogP contribution is -2.37. The van der Waals surface area contributed by atoms with Crippen LogP contribution in [0, 0.1) is 6.92 Å².